The monoisotopic (exact) mass is 487 g/mol. The van der Waals surface area contributed by atoms with Crippen molar-refractivity contribution in [3.05, 3.63) is 71.9 Å². The molecule has 2 N–H and O–H groups in total. The summed E-state index contributed by atoms with van der Waals surface area (Å²) < 4.78 is 45.9. The Balaban J connectivity index is 1.64. The molecular formula is C22H19ClFN5O3S. The van der Waals surface area contributed by atoms with Crippen molar-refractivity contribution in [2.45, 2.75) is 4.90 Å². The van der Waals surface area contributed by atoms with Crippen LogP contribution in [0, 0.1) is 5.82 Å². The summed E-state index contributed by atoms with van der Waals surface area (Å²) in [7, 11) is -2.37. The number of ether oxygens (including phenoxy) is 1. The van der Waals surface area contributed by atoms with Crippen LogP contribution >= 0.6 is 11.6 Å². The van der Waals surface area contributed by atoms with Crippen LogP contribution in [0.25, 0.3) is 22.2 Å². The molecule has 0 unspecified atom stereocenters. The van der Waals surface area contributed by atoms with Crippen molar-refractivity contribution in [3.63, 3.8) is 0 Å². The van der Waals surface area contributed by atoms with Gasteiger partial charge in [-0.25, -0.2) is 22.8 Å². The molecule has 170 valence electrons. The van der Waals surface area contributed by atoms with Gasteiger partial charge in [-0.05, 0) is 48.0 Å². The third kappa shape index (κ3) is 5.36. The van der Waals surface area contributed by atoms with Gasteiger partial charge in [-0.1, -0.05) is 17.7 Å². The number of pyridine rings is 1. The highest BCUT2D eigenvalue weighted by molar-refractivity contribution is 7.92. The molecular weight excluding hydrogens is 469 g/mol. The number of halogens is 2. The highest BCUT2D eigenvalue weighted by Crippen LogP contribution is 2.30. The average molecular weight is 488 g/mol. The minimum Gasteiger partial charge on any atom is -0.383 e. The minimum absolute atomic E-state index is 0.0188. The highest BCUT2D eigenvalue weighted by Gasteiger charge is 2.17. The highest BCUT2D eigenvalue weighted by atomic mass is 35.5. The molecule has 2 heterocycles. The Labute approximate surface area is 194 Å². The van der Waals surface area contributed by atoms with Crippen LogP contribution in [0.1, 0.15) is 0 Å². The van der Waals surface area contributed by atoms with Crippen molar-refractivity contribution in [3.8, 4) is 11.1 Å². The zero-order chi connectivity index (χ0) is 23.4. The van der Waals surface area contributed by atoms with Gasteiger partial charge in [0, 0.05) is 25.4 Å². The maximum Gasteiger partial charge on any atom is 0.261 e. The van der Waals surface area contributed by atoms with Crippen molar-refractivity contribution in [2.24, 2.45) is 0 Å². The largest absolute Gasteiger partial charge is 0.383 e. The van der Waals surface area contributed by atoms with Gasteiger partial charge in [0.2, 0.25) is 0 Å². The molecule has 0 amide bonds. The number of aromatic nitrogens is 3. The smallest absolute Gasteiger partial charge is 0.261 e. The average Bonchev–Trinajstić information content (AvgIpc) is 2.80. The van der Waals surface area contributed by atoms with Crippen LogP contribution in [0.2, 0.25) is 5.15 Å². The van der Waals surface area contributed by atoms with E-state index in [0.717, 1.165) is 17.7 Å². The molecule has 0 atom stereocenters. The first kappa shape index (κ1) is 22.8. The van der Waals surface area contributed by atoms with E-state index in [9.17, 15) is 12.8 Å². The number of sulfonamides is 1. The molecule has 2 aromatic heterocycles. The Bertz CT molecular complexity index is 1400. The van der Waals surface area contributed by atoms with Gasteiger partial charge in [0.25, 0.3) is 10.0 Å². The SMILES string of the molecule is COCCNc1cnc2ccc(-c3cnc(Cl)c(NS(=O)(=O)c4ccc(F)cc4)c3)cc2n1. The normalized spacial score (nSPS) is 11.5. The number of hydrogen-bond donors (Lipinski definition) is 2. The lowest BCUT2D eigenvalue weighted by Gasteiger charge is -2.11. The number of nitrogens with one attached hydrogen (secondary N) is 2. The minimum atomic E-state index is -3.98. The van der Waals surface area contributed by atoms with Gasteiger partial charge < -0.3 is 10.1 Å². The van der Waals surface area contributed by atoms with E-state index in [2.05, 4.69) is 25.0 Å². The van der Waals surface area contributed by atoms with E-state index in [4.69, 9.17) is 16.3 Å². The Morgan fingerprint density at radius 1 is 1.00 bits per heavy atom. The predicted molar refractivity (Wildman–Crippen MR) is 125 cm³/mol. The third-order valence-corrected chi connectivity index (χ3v) is 6.38. The fraction of sp³-hybridized carbons (Fsp3) is 0.136. The van der Waals surface area contributed by atoms with Gasteiger partial charge in [-0.3, -0.25) is 9.71 Å². The van der Waals surface area contributed by atoms with E-state index in [1.165, 1.54) is 18.3 Å². The Kier molecular flexibility index (Phi) is 6.68. The Morgan fingerprint density at radius 2 is 1.79 bits per heavy atom. The maximum atomic E-state index is 13.2. The van der Waals surface area contributed by atoms with E-state index in [1.807, 2.05) is 18.2 Å². The Morgan fingerprint density at radius 3 is 2.55 bits per heavy atom. The summed E-state index contributed by atoms with van der Waals surface area (Å²) in [5.41, 5.74) is 2.82. The van der Waals surface area contributed by atoms with Crippen molar-refractivity contribution in [2.75, 3.05) is 30.3 Å². The van der Waals surface area contributed by atoms with E-state index in [-0.39, 0.29) is 15.7 Å². The summed E-state index contributed by atoms with van der Waals surface area (Å²) in [6, 6.07) is 11.5. The van der Waals surface area contributed by atoms with Gasteiger partial charge in [0.15, 0.2) is 5.15 Å². The zero-order valence-electron chi connectivity index (χ0n) is 17.4. The van der Waals surface area contributed by atoms with Crippen molar-refractivity contribution >= 4 is 44.2 Å². The second kappa shape index (κ2) is 9.65. The summed E-state index contributed by atoms with van der Waals surface area (Å²) in [5.74, 6) is 0.0748. The first-order valence-corrected chi connectivity index (χ1v) is 11.7. The summed E-state index contributed by atoms with van der Waals surface area (Å²) in [5, 5.41) is 3.11. The number of anilines is 2. The topological polar surface area (TPSA) is 106 Å². The molecule has 0 aliphatic heterocycles. The molecule has 4 rings (SSSR count). The number of methoxy groups -OCH3 is 1. The molecule has 0 saturated heterocycles. The summed E-state index contributed by atoms with van der Waals surface area (Å²) in [4.78, 5) is 13.0. The van der Waals surface area contributed by atoms with Gasteiger partial charge in [0.05, 0.1) is 34.4 Å². The first-order chi connectivity index (χ1) is 15.9. The van der Waals surface area contributed by atoms with Crippen LogP contribution in [0.3, 0.4) is 0 Å². The summed E-state index contributed by atoms with van der Waals surface area (Å²) >= 11 is 6.14. The lowest BCUT2D eigenvalue weighted by atomic mass is 10.1. The molecule has 0 radical (unpaired) electrons. The standard InChI is InChI=1S/C22H19ClFN5O3S/c1-32-9-8-25-21-13-26-18-7-2-14(10-19(18)28-21)15-11-20(22(23)27-12-15)29-33(30,31)17-5-3-16(24)4-6-17/h2-7,10-13,29H,8-9H2,1H3,(H,25,28). The number of rotatable bonds is 8. The number of fused-ring (bicyclic) bond motifs is 1. The van der Waals surface area contributed by atoms with Crippen LogP contribution in [0.4, 0.5) is 15.9 Å². The quantitative estimate of drug-likeness (QED) is 0.281. The fourth-order valence-corrected chi connectivity index (χ4v) is 4.32. The van der Waals surface area contributed by atoms with E-state index in [1.54, 1.807) is 19.4 Å². The van der Waals surface area contributed by atoms with Crippen LogP contribution in [0.15, 0.2) is 65.8 Å². The van der Waals surface area contributed by atoms with E-state index in [0.29, 0.717) is 35.6 Å². The van der Waals surface area contributed by atoms with Crippen LogP contribution < -0.4 is 10.0 Å². The number of benzene rings is 2. The predicted octanol–water partition coefficient (Wildman–Crippen LogP) is 4.34. The molecule has 11 heteroatoms. The van der Waals surface area contributed by atoms with Crippen LogP contribution in [-0.2, 0) is 14.8 Å². The second-order valence-corrected chi connectivity index (χ2v) is 9.04. The number of hydrogen-bond acceptors (Lipinski definition) is 7. The first-order valence-electron chi connectivity index (χ1n) is 9.79. The van der Waals surface area contributed by atoms with Crippen molar-refractivity contribution in [1.29, 1.82) is 0 Å². The molecule has 0 spiro atoms. The molecule has 0 aliphatic rings. The summed E-state index contributed by atoms with van der Waals surface area (Å²) in [6.45, 7) is 1.13. The molecule has 0 fully saturated rings. The second-order valence-electron chi connectivity index (χ2n) is 7.00. The fourth-order valence-electron chi connectivity index (χ4n) is 3.05. The van der Waals surface area contributed by atoms with Gasteiger partial charge in [-0.15, -0.1) is 0 Å². The molecule has 0 saturated carbocycles. The van der Waals surface area contributed by atoms with Crippen molar-refractivity contribution in [1.82, 2.24) is 15.0 Å². The van der Waals surface area contributed by atoms with Gasteiger partial charge in [-0.2, -0.15) is 0 Å². The molecule has 33 heavy (non-hydrogen) atoms. The molecule has 0 bridgehead atoms. The molecule has 8 nitrogen and oxygen atoms in total. The van der Waals surface area contributed by atoms with Crippen molar-refractivity contribution < 1.29 is 17.5 Å². The Hall–Kier alpha value is -3.34. The van der Waals surface area contributed by atoms with Gasteiger partial charge in [0.1, 0.15) is 11.6 Å². The third-order valence-electron chi connectivity index (χ3n) is 4.70. The maximum absolute atomic E-state index is 13.2. The molecule has 4 aromatic rings. The zero-order valence-corrected chi connectivity index (χ0v) is 19.0. The van der Waals surface area contributed by atoms with Crippen LogP contribution in [-0.4, -0.2) is 43.6 Å². The van der Waals surface area contributed by atoms with Gasteiger partial charge >= 0.3 is 0 Å². The van der Waals surface area contributed by atoms with Crippen LogP contribution in [0.5, 0.6) is 0 Å². The van der Waals surface area contributed by atoms with E-state index < -0.39 is 15.8 Å². The van der Waals surface area contributed by atoms with E-state index >= 15 is 0 Å². The molecule has 0 aliphatic carbocycles. The lowest BCUT2D eigenvalue weighted by molar-refractivity contribution is 0.210. The molecule has 2 aromatic carbocycles. The lowest BCUT2D eigenvalue weighted by Crippen LogP contribution is -2.13. The summed E-state index contributed by atoms with van der Waals surface area (Å²) in [6.07, 6.45) is 3.18. The number of nitrogens with zero attached hydrogens (tertiary/aromatic N) is 3.